The molecule has 2 aliphatic heterocycles. The minimum atomic E-state index is -5.60. The first-order valence-corrected chi connectivity index (χ1v) is 13.4. The van der Waals surface area contributed by atoms with E-state index >= 15 is 0 Å². The molecule has 208 valence electrons. The molecule has 0 aromatic carbocycles. The van der Waals surface area contributed by atoms with Crippen molar-refractivity contribution in [3.05, 3.63) is 12.7 Å². The largest absolute Gasteiger partial charge is 0.756 e. The van der Waals surface area contributed by atoms with Crippen LogP contribution in [-0.2, 0) is 36.7 Å². The zero-order valence-electron chi connectivity index (χ0n) is 18.8. The lowest BCUT2D eigenvalue weighted by Gasteiger charge is -2.32. The number of anilines is 1. The van der Waals surface area contributed by atoms with Crippen molar-refractivity contribution in [2.75, 3.05) is 26.1 Å². The van der Waals surface area contributed by atoms with E-state index in [1.165, 1.54) is 18.0 Å². The minimum Gasteiger partial charge on any atom is -0.756 e. The number of rotatable bonds is 10. The van der Waals surface area contributed by atoms with Gasteiger partial charge in [0.1, 0.15) is 48.5 Å². The second-order valence-corrected chi connectivity index (χ2v) is 10.9. The third-order valence-corrected chi connectivity index (χ3v) is 8.07. The molecule has 0 amide bonds. The van der Waals surface area contributed by atoms with Crippen LogP contribution < -0.4 is 15.5 Å². The van der Waals surface area contributed by atoms with Crippen LogP contribution in [0.25, 0.3) is 11.2 Å². The number of fused-ring (bicyclic) bond motifs is 1. The summed E-state index contributed by atoms with van der Waals surface area (Å²) in [5, 5.41) is 40.2. The highest BCUT2D eigenvalue weighted by molar-refractivity contribution is 7.59. The van der Waals surface area contributed by atoms with Crippen molar-refractivity contribution < 1.29 is 66.9 Å². The lowest BCUT2D eigenvalue weighted by atomic mass is 10.1. The molecule has 10 atom stereocenters. The molecule has 0 aliphatic carbocycles. The molecule has 0 radical (unpaired) electrons. The van der Waals surface area contributed by atoms with Gasteiger partial charge in [0.05, 0.1) is 19.5 Å². The summed E-state index contributed by atoms with van der Waals surface area (Å²) < 4.78 is 53.4. The monoisotopic (exact) mass is 571 g/mol. The summed E-state index contributed by atoms with van der Waals surface area (Å²) in [7, 11) is -10.00. The number of hydrogen-bond donors (Lipinski definition) is 5. The maximum atomic E-state index is 12.1. The summed E-state index contributed by atoms with van der Waals surface area (Å²) in [6.45, 7) is -1.87. The Hall–Kier alpha value is -1.67. The average molecular weight is 571 g/mol. The van der Waals surface area contributed by atoms with E-state index in [4.69, 9.17) is 19.9 Å². The number of hydrogen-bond acceptors (Lipinski definition) is 18. The molecular formula is C16H23N5O14P2-2. The highest BCUT2D eigenvalue weighted by atomic mass is 31.3. The van der Waals surface area contributed by atoms with Gasteiger partial charge >= 0.3 is 0 Å². The van der Waals surface area contributed by atoms with Crippen LogP contribution in [0.1, 0.15) is 6.23 Å². The highest BCUT2D eigenvalue weighted by Gasteiger charge is 2.46. The molecule has 2 fully saturated rings. The Bertz CT molecular complexity index is 1200. The van der Waals surface area contributed by atoms with Crippen molar-refractivity contribution in [1.82, 2.24) is 19.5 Å². The van der Waals surface area contributed by atoms with Gasteiger partial charge in [0, 0.05) is 7.11 Å². The molecule has 0 bridgehead atoms. The lowest BCUT2D eigenvalue weighted by Crippen LogP contribution is -2.35. The number of imidazole rings is 1. The van der Waals surface area contributed by atoms with E-state index in [-0.39, 0.29) is 17.0 Å². The number of methoxy groups -OCH3 is 1. The lowest BCUT2D eigenvalue weighted by molar-refractivity contribution is -0.247. The molecule has 21 heteroatoms. The van der Waals surface area contributed by atoms with Crippen LogP contribution >= 0.6 is 15.6 Å². The van der Waals surface area contributed by atoms with Crippen molar-refractivity contribution in [3.8, 4) is 0 Å². The Labute approximate surface area is 207 Å². The van der Waals surface area contributed by atoms with E-state index < -0.39 is 78.0 Å². The van der Waals surface area contributed by atoms with Gasteiger partial charge in [-0.25, -0.2) is 19.3 Å². The molecule has 2 unspecified atom stereocenters. The topological polar surface area (TPSA) is 286 Å². The number of aliphatic hydroxyl groups is 4. The third-order valence-electron chi connectivity index (χ3n) is 5.54. The van der Waals surface area contributed by atoms with Gasteiger partial charge in [0.2, 0.25) is 0 Å². The van der Waals surface area contributed by atoms with Gasteiger partial charge in [-0.3, -0.25) is 13.7 Å². The van der Waals surface area contributed by atoms with Gasteiger partial charge in [0.25, 0.3) is 15.6 Å². The van der Waals surface area contributed by atoms with Gasteiger partial charge in [0.15, 0.2) is 24.0 Å². The fraction of sp³-hybridized carbons (Fsp3) is 0.688. The van der Waals surface area contributed by atoms with E-state index in [0.29, 0.717) is 0 Å². The summed E-state index contributed by atoms with van der Waals surface area (Å²) in [4.78, 5) is 35.8. The first-order chi connectivity index (χ1) is 17.3. The van der Waals surface area contributed by atoms with Gasteiger partial charge in [-0.2, -0.15) is 0 Å². The molecule has 4 heterocycles. The Kier molecular flexibility index (Phi) is 8.30. The van der Waals surface area contributed by atoms with Crippen molar-refractivity contribution in [1.29, 1.82) is 0 Å². The van der Waals surface area contributed by atoms with Crippen LogP contribution in [0.2, 0.25) is 0 Å². The minimum absolute atomic E-state index is 0.0501. The van der Waals surface area contributed by atoms with Gasteiger partial charge < -0.3 is 59.2 Å². The van der Waals surface area contributed by atoms with E-state index in [1.54, 1.807) is 0 Å². The Morgan fingerprint density at radius 2 is 1.57 bits per heavy atom. The predicted octanol–water partition coefficient (Wildman–Crippen LogP) is -3.89. The molecule has 4 rings (SSSR count). The first-order valence-electron chi connectivity index (χ1n) is 10.4. The maximum absolute atomic E-state index is 12.1. The van der Waals surface area contributed by atoms with E-state index in [0.717, 1.165) is 6.33 Å². The normalized spacial score (nSPS) is 35.5. The number of nitrogens with two attached hydrogens (primary N) is 1. The molecule has 37 heavy (non-hydrogen) atoms. The zero-order valence-corrected chi connectivity index (χ0v) is 20.6. The Morgan fingerprint density at radius 3 is 2.16 bits per heavy atom. The molecule has 0 spiro atoms. The molecule has 2 aromatic heterocycles. The van der Waals surface area contributed by atoms with Crippen molar-refractivity contribution in [2.24, 2.45) is 0 Å². The first kappa shape index (κ1) is 28.3. The number of ether oxygens (including phenoxy) is 3. The van der Waals surface area contributed by atoms with Crippen molar-refractivity contribution in [2.45, 2.75) is 49.1 Å². The Morgan fingerprint density at radius 1 is 0.973 bits per heavy atom. The van der Waals surface area contributed by atoms with Crippen molar-refractivity contribution in [3.63, 3.8) is 0 Å². The molecular weight excluding hydrogens is 548 g/mol. The number of phosphoric acid groups is 2. The second-order valence-electron chi connectivity index (χ2n) is 7.96. The summed E-state index contributed by atoms with van der Waals surface area (Å²) >= 11 is 0. The number of phosphoric ester groups is 2. The quantitative estimate of drug-likeness (QED) is 0.170. The van der Waals surface area contributed by atoms with Gasteiger partial charge in [-0.1, -0.05) is 0 Å². The fourth-order valence-electron chi connectivity index (χ4n) is 3.70. The average Bonchev–Trinajstić information content (AvgIpc) is 3.46. The van der Waals surface area contributed by atoms with Crippen LogP contribution in [0.5, 0.6) is 0 Å². The fourth-order valence-corrected chi connectivity index (χ4v) is 5.72. The number of aliphatic hydroxyl groups excluding tert-OH is 4. The van der Waals surface area contributed by atoms with Gasteiger partial charge in [-0.05, 0) is 0 Å². The second kappa shape index (κ2) is 10.8. The highest BCUT2D eigenvalue weighted by Crippen LogP contribution is 2.56. The smallest absolute Gasteiger partial charge is 0.274 e. The molecule has 6 N–H and O–H groups in total. The summed E-state index contributed by atoms with van der Waals surface area (Å²) in [6, 6.07) is 0. The standard InChI is InChI=1S/C16H25N5O14P2/c1-30-16-12(25)10(23)7(34-16)3-32-37(28,29)35-36(26,27)31-2-6-9(22)11(24)15(33-6)21-5-20-8-13(17)18-4-19-14(8)21/h4-7,9-12,15-16,22-25H,2-3H2,1H3,(H,26,27)(H,28,29)(H2,17,18,19)/p-2/t6-,7-,9-,10-,11-,12-,15-,16-/m1/s1. The molecule has 19 nitrogen and oxygen atoms in total. The van der Waals surface area contributed by atoms with Crippen LogP contribution in [0.15, 0.2) is 12.7 Å². The van der Waals surface area contributed by atoms with E-state index in [2.05, 4.69) is 28.3 Å². The summed E-state index contributed by atoms with van der Waals surface area (Å²) in [5.74, 6) is 0.0501. The van der Waals surface area contributed by atoms with Crippen molar-refractivity contribution >= 4 is 32.6 Å². The Balaban J connectivity index is 1.33. The zero-order chi connectivity index (χ0) is 27.1. The third kappa shape index (κ3) is 6.00. The molecule has 2 saturated heterocycles. The van der Waals surface area contributed by atoms with Gasteiger partial charge in [-0.15, -0.1) is 0 Å². The molecule has 2 aromatic rings. The predicted molar refractivity (Wildman–Crippen MR) is 112 cm³/mol. The molecule has 0 saturated carbocycles. The number of nitrogens with zero attached hydrogens (tertiary/aromatic N) is 4. The maximum Gasteiger partial charge on any atom is 0.274 e. The van der Waals surface area contributed by atoms with Crippen LogP contribution in [0, 0.1) is 0 Å². The van der Waals surface area contributed by atoms with Crippen LogP contribution in [0.4, 0.5) is 5.82 Å². The summed E-state index contributed by atoms with van der Waals surface area (Å²) in [5.41, 5.74) is 6.07. The van der Waals surface area contributed by atoms with Crippen LogP contribution in [0.3, 0.4) is 0 Å². The number of nitrogen functional groups attached to an aromatic ring is 1. The van der Waals surface area contributed by atoms with Crippen LogP contribution in [-0.4, -0.2) is 103 Å². The number of aromatic nitrogens is 4. The summed E-state index contributed by atoms with van der Waals surface area (Å²) in [6.07, 6.45) is -9.37. The molecule has 2 aliphatic rings. The SMILES string of the molecule is CO[C@@H]1O[C@H](COP(=O)([O-])OP(=O)([O-])OC[C@H]2O[C@@H](n3cnc4c(N)ncnc43)[C@H](O)[C@@H]2O)[C@@H](O)[C@H]1O. The van der Waals surface area contributed by atoms with E-state index in [9.17, 15) is 39.3 Å². The van der Waals surface area contributed by atoms with E-state index in [1.807, 2.05) is 0 Å².